The maximum Gasteiger partial charge on any atom is 0.0571 e. The number of aryl methyl sites for hydroxylation is 1. The van der Waals surface area contributed by atoms with Gasteiger partial charge in [0.15, 0.2) is 0 Å². The molecule has 1 nitrogen and oxygen atoms in total. The Kier molecular flexibility index (Phi) is 2.78. The lowest BCUT2D eigenvalue weighted by atomic mass is 9.91. The Labute approximate surface area is 96.1 Å². The fourth-order valence-electron chi connectivity index (χ4n) is 2.13. The van der Waals surface area contributed by atoms with Crippen LogP contribution < -0.4 is 0 Å². The van der Waals surface area contributed by atoms with E-state index in [-0.39, 0.29) is 11.5 Å². The number of halogens is 1. The Bertz CT molecular complexity index is 367. The Morgan fingerprint density at radius 1 is 1.47 bits per heavy atom. The van der Waals surface area contributed by atoms with Crippen LogP contribution in [-0.4, -0.2) is 11.2 Å². The lowest BCUT2D eigenvalue weighted by Crippen LogP contribution is -2.20. The van der Waals surface area contributed by atoms with E-state index in [9.17, 15) is 5.11 Å². The number of hydrogen-bond donors (Lipinski definition) is 1. The number of rotatable bonds is 3. The molecule has 0 heterocycles. The van der Waals surface area contributed by atoms with Crippen molar-refractivity contribution in [3.8, 4) is 0 Å². The van der Waals surface area contributed by atoms with Gasteiger partial charge in [-0.2, -0.15) is 0 Å². The monoisotopic (exact) mass is 224 g/mol. The van der Waals surface area contributed by atoms with Gasteiger partial charge in [0.1, 0.15) is 0 Å². The smallest absolute Gasteiger partial charge is 0.0571 e. The van der Waals surface area contributed by atoms with Crippen molar-refractivity contribution >= 4 is 11.6 Å². The van der Waals surface area contributed by atoms with Gasteiger partial charge >= 0.3 is 0 Å². The van der Waals surface area contributed by atoms with E-state index in [4.69, 9.17) is 11.6 Å². The summed E-state index contributed by atoms with van der Waals surface area (Å²) in [5, 5.41) is 10.5. The van der Waals surface area contributed by atoms with E-state index >= 15 is 0 Å². The Morgan fingerprint density at radius 2 is 2.13 bits per heavy atom. The van der Waals surface area contributed by atoms with Crippen LogP contribution >= 0.6 is 11.6 Å². The van der Waals surface area contributed by atoms with E-state index in [2.05, 4.69) is 12.1 Å². The van der Waals surface area contributed by atoms with Gasteiger partial charge in [0.25, 0.3) is 0 Å². The average molecular weight is 225 g/mol. The van der Waals surface area contributed by atoms with Crippen molar-refractivity contribution in [2.75, 3.05) is 0 Å². The molecule has 82 valence electrons. The highest BCUT2D eigenvalue weighted by Crippen LogP contribution is 2.51. The van der Waals surface area contributed by atoms with Gasteiger partial charge in [-0.25, -0.2) is 0 Å². The van der Waals surface area contributed by atoms with Gasteiger partial charge in [0.2, 0.25) is 0 Å². The van der Waals surface area contributed by atoms with Crippen LogP contribution in [0.5, 0.6) is 0 Å². The summed E-state index contributed by atoms with van der Waals surface area (Å²) in [4.78, 5) is 0. The molecule has 1 atom stereocenters. The van der Waals surface area contributed by atoms with Crippen molar-refractivity contribution in [1.29, 1.82) is 0 Å². The largest absolute Gasteiger partial charge is 0.393 e. The summed E-state index contributed by atoms with van der Waals surface area (Å²) in [6.45, 7) is 3.92. The van der Waals surface area contributed by atoms with Gasteiger partial charge in [0, 0.05) is 10.4 Å². The van der Waals surface area contributed by atoms with Crippen LogP contribution in [0.15, 0.2) is 18.2 Å². The average Bonchev–Trinajstić information content (AvgIpc) is 2.93. The Hall–Kier alpha value is -0.530. The Morgan fingerprint density at radius 3 is 2.60 bits per heavy atom. The molecule has 1 aromatic rings. The first-order chi connectivity index (χ1) is 7.03. The van der Waals surface area contributed by atoms with Crippen molar-refractivity contribution < 1.29 is 5.11 Å². The van der Waals surface area contributed by atoms with Crippen LogP contribution in [0, 0.1) is 12.3 Å². The third kappa shape index (κ3) is 2.19. The molecule has 1 fully saturated rings. The summed E-state index contributed by atoms with van der Waals surface area (Å²) in [5.74, 6) is 0. The second-order valence-corrected chi connectivity index (χ2v) is 5.21. The third-order valence-corrected chi connectivity index (χ3v) is 3.98. The molecule has 1 aliphatic rings. The highest BCUT2D eigenvalue weighted by molar-refractivity contribution is 6.31. The first-order valence-corrected chi connectivity index (χ1v) is 5.84. The van der Waals surface area contributed by atoms with Gasteiger partial charge in [-0.1, -0.05) is 23.7 Å². The zero-order valence-corrected chi connectivity index (χ0v) is 10.0. The predicted octanol–water partition coefficient (Wildman–Crippen LogP) is 3.35. The maximum absolute atomic E-state index is 9.70. The van der Waals surface area contributed by atoms with E-state index in [0.717, 1.165) is 29.8 Å². The first kappa shape index (κ1) is 11.0. The third-order valence-electron chi connectivity index (χ3n) is 3.56. The molecule has 0 aromatic heterocycles. The summed E-state index contributed by atoms with van der Waals surface area (Å²) in [7, 11) is 0. The normalized spacial score (nSPS) is 20.0. The minimum absolute atomic E-state index is 0.153. The van der Waals surface area contributed by atoms with Gasteiger partial charge in [-0.15, -0.1) is 0 Å². The maximum atomic E-state index is 9.70. The van der Waals surface area contributed by atoms with Crippen LogP contribution in [0.4, 0.5) is 0 Å². The summed E-state index contributed by atoms with van der Waals surface area (Å²) >= 11 is 5.98. The quantitative estimate of drug-likeness (QED) is 0.835. The molecule has 0 amide bonds. The molecule has 0 saturated heterocycles. The topological polar surface area (TPSA) is 20.2 Å². The SMILES string of the molecule is Cc1cc(CC2(C(C)O)CC2)ccc1Cl. The van der Waals surface area contributed by atoms with E-state index < -0.39 is 0 Å². The summed E-state index contributed by atoms with van der Waals surface area (Å²) in [6, 6.07) is 6.15. The highest BCUT2D eigenvalue weighted by Gasteiger charge is 2.46. The van der Waals surface area contributed by atoms with Gasteiger partial charge in [0.05, 0.1) is 6.10 Å². The molecule has 1 N–H and O–H groups in total. The fraction of sp³-hybridized carbons (Fsp3) is 0.538. The van der Waals surface area contributed by atoms with Crippen molar-refractivity contribution in [3.63, 3.8) is 0 Å². The van der Waals surface area contributed by atoms with Crippen molar-refractivity contribution in [3.05, 3.63) is 34.3 Å². The first-order valence-electron chi connectivity index (χ1n) is 5.47. The number of hydrogen-bond acceptors (Lipinski definition) is 1. The second kappa shape index (κ2) is 3.80. The molecule has 1 unspecified atom stereocenters. The molecule has 1 aliphatic carbocycles. The summed E-state index contributed by atoms with van der Waals surface area (Å²) in [5.41, 5.74) is 2.56. The van der Waals surface area contributed by atoms with E-state index in [1.54, 1.807) is 0 Å². The molecular formula is C13H17ClO. The summed E-state index contributed by atoms with van der Waals surface area (Å²) in [6.07, 6.45) is 3.06. The lowest BCUT2D eigenvalue weighted by Gasteiger charge is -2.18. The molecule has 15 heavy (non-hydrogen) atoms. The van der Waals surface area contributed by atoms with Crippen LogP contribution in [0.25, 0.3) is 0 Å². The fourth-order valence-corrected chi connectivity index (χ4v) is 2.24. The van der Waals surface area contributed by atoms with Crippen LogP contribution in [0.1, 0.15) is 30.9 Å². The van der Waals surface area contributed by atoms with Gasteiger partial charge < -0.3 is 5.11 Å². The molecule has 0 spiro atoms. The zero-order chi connectivity index (χ0) is 11.1. The lowest BCUT2D eigenvalue weighted by molar-refractivity contribution is 0.110. The standard InChI is InChI=1S/C13H17ClO/c1-9-7-11(3-4-12(9)14)8-13(5-6-13)10(2)15/h3-4,7,10,15H,5-6,8H2,1-2H3. The molecule has 0 aliphatic heterocycles. The van der Waals surface area contributed by atoms with Crippen LogP contribution in [-0.2, 0) is 6.42 Å². The van der Waals surface area contributed by atoms with Crippen molar-refractivity contribution in [2.24, 2.45) is 5.41 Å². The number of aliphatic hydroxyl groups excluding tert-OH is 1. The number of benzene rings is 1. The molecule has 0 radical (unpaired) electrons. The van der Waals surface area contributed by atoms with E-state index in [1.165, 1.54) is 5.56 Å². The van der Waals surface area contributed by atoms with Crippen LogP contribution in [0.3, 0.4) is 0 Å². The second-order valence-electron chi connectivity index (χ2n) is 4.80. The van der Waals surface area contributed by atoms with Crippen molar-refractivity contribution in [1.82, 2.24) is 0 Å². The minimum Gasteiger partial charge on any atom is -0.393 e. The molecule has 2 rings (SSSR count). The minimum atomic E-state index is -0.200. The van der Waals surface area contributed by atoms with E-state index in [0.29, 0.717) is 0 Å². The zero-order valence-electron chi connectivity index (χ0n) is 9.26. The summed E-state index contributed by atoms with van der Waals surface area (Å²) < 4.78 is 0. The molecule has 0 bridgehead atoms. The predicted molar refractivity (Wildman–Crippen MR) is 63.2 cm³/mol. The Balaban J connectivity index is 2.15. The molecule has 1 aromatic carbocycles. The highest BCUT2D eigenvalue weighted by atomic mass is 35.5. The number of aliphatic hydroxyl groups is 1. The van der Waals surface area contributed by atoms with Crippen molar-refractivity contribution in [2.45, 2.75) is 39.2 Å². The van der Waals surface area contributed by atoms with Gasteiger partial charge in [-0.05, 0) is 50.3 Å². The van der Waals surface area contributed by atoms with Crippen LogP contribution in [0.2, 0.25) is 5.02 Å². The van der Waals surface area contributed by atoms with Gasteiger partial charge in [-0.3, -0.25) is 0 Å². The molecule has 2 heteroatoms. The molecular weight excluding hydrogens is 208 g/mol. The van der Waals surface area contributed by atoms with E-state index in [1.807, 2.05) is 19.9 Å². The molecule has 1 saturated carbocycles.